The van der Waals surface area contributed by atoms with E-state index in [9.17, 15) is 8.42 Å². The molecule has 1 aliphatic heterocycles. The fourth-order valence-electron chi connectivity index (χ4n) is 3.03. The van der Waals surface area contributed by atoms with Gasteiger partial charge in [0.1, 0.15) is 11.5 Å². The van der Waals surface area contributed by atoms with Gasteiger partial charge in [0.2, 0.25) is 0 Å². The number of hydrogen-bond donors (Lipinski definition) is 0. The highest BCUT2D eigenvalue weighted by Gasteiger charge is 2.23. The van der Waals surface area contributed by atoms with Gasteiger partial charge >= 0.3 is 0 Å². The third kappa shape index (κ3) is 3.44. The van der Waals surface area contributed by atoms with Crippen LogP contribution < -0.4 is 9.64 Å². The Morgan fingerprint density at radius 1 is 0.920 bits per heavy atom. The number of ether oxygens (including phenoxy) is 1. The van der Waals surface area contributed by atoms with Crippen molar-refractivity contribution in [2.75, 3.05) is 29.5 Å². The van der Waals surface area contributed by atoms with Crippen molar-refractivity contribution in [3.05, 3.63) is 60.8 Å². The highest BCUT2D eigenvalue weighted by Crippen LogP contribution is 2.31. The smallest absolute Gasteiger partial charge is 0.153 e. The lowest BCUT2D eigenvalue weighted by Crippen LogP contribution is -2.40. The van der Waals surface area contributed by atoms with Gasteiger partial charge in [-0.2, -0.15) is 0 Å². The number of nitrogens with zero attached hydrogens (tertiary/aromatic N) is 2. The van der Waals surface area contributed by atoms with E-state index >= 15 is 0 Å². The second kappa shape index (κ2) is 6.37. The quantitative estimate of drug-likeness (QED) is 0.722. The molecular formula is C19H18N2O3S. The molecule has 0 radical (unpaired) electrons. The highest BCUT2D eigenvalue weighted by molar-refractivity contribution is 7.91. The van der Waals surface area contributed by atoms with Crippen LogP contribution in [0.15, 0.2) is 60.8 Å². The lowest BCUT2D eigenvalue weighted by molar-refractivity contribution is 0.483. The largest absolute Gasteiger partial charge is 0.457 e. The van der Waals surface area contributed by atoms with Crippen LogP contribution in [-0.4, -0.2) is 38.0 Å². The van der Waals surface area contributed by atoms with Crippen LogP contribution in [0.3, 0.4) is 0 Å². The summed E-state index contributed by atoms with van der Waals surface area (Å²) in [6.45, 7) is 1.01. The van der Waals surface area contributed by atoms with Crippen molar-refractivity contribution in [2.24, 2.45) is 0 Å². The summed E-state index contributed by atoms with van der Waals surface area (Å²) in [5.74, 6) is 1.89. The summed E-state index contributed by atoms with van der Waals surface area (Å²) in [5.41, 5.74) is 1.87. The number of anilines is 1. The molecule has 2 heterocycles. The van der Waals surface area contributed by atoms with E-state index in [-0.39, 0.29) is 11.5 Å². The molecule has 0 saturated carbocycles. The van der Waals surface area contributed by atoms with Crippen LogP contribution in [0.25, 0.3) is 10.9 Å². The molecule has 0 amide bonds. The predicted molar refractivity (Wildman–Crippen MR) is 99.1 cm³/mol. The molecule has 6 heteroatoms. The van der Waals surface area contributed by atoms with E-state index in [1.807, 2.05) is 54.6 Å². The summed E-state index contributed by atoms with van der Waals surface area (Å²) in [4.78, 5) is 6.52. The van der Waals surface area contributed by atoms with Crippen molar-refractivity contribution in [3.8, 4) is 11.5 Å². The average molecular weight is 354 g/mol. The first kappa shape index (κ1) is 15.9. The summed E-state index contributed by atoms with van der Waals surface area (Å²) < 4.78 is 29.3. The monoisotopic (exact) mass is 354 g/mol. The molecule has 0 bridgehead atoms. The molecule has 4 rings (SSSR count). The van der Waals surface area contributed by atoms with Gasteiger partial charge < -0.3 is 9.64 Å². The van der Waals surface area contributed by atoms with Crippen LogP contribution in [0.1, 0.15) is 0 Å². The Morgan fingerprint density at radius 3 is 2.44 bits per heavy atom. The molecular weight excluding hydrogens is 336 g/mol. The van der Waals surface area contributed by atoms with Crippen LogP contribution in [0.2, 0.25) is 0 Å². The molecule has 0 atom stereocenters. The van der Waals surface area contributed by atoms with Crippen molar-refractivity contribution < 1.29 is 13.2 Å². The molecule has 1 fully saturated rings. The summed E-state index contributed by atoms with van der Waals surface area (Å²) in [6.07, 6.45) is 1.76. The summed E-state index contributed by atoms with van der Waals surface area (Å²) >= 11 is 0. The van der Waals surface area contributed by atoms with Crippen molar-refractivity contribution in [1.29, 1.82) is 0 Å². The molecule has 1 saturated heterocycles. The number of hydrogen-bond acceptors (Lipinski definition) is 5. The summed E-state index contributed by atoms with van der Waals surface area (Å²) in [6, 6.07) is 17.3. The van der Waals surface area contributed by atoms with E-state index in [4.69, 9.17) is 4.74 Å². The predicted octanol–water partition coefficient (Wildman–Crippen LogP) is 3.26. The lowest BCUT2D eigenvalue weighted by atomic mass is 10.1. The minimum atomic E-state index is -2.91. The number of para-hydroxylation sites is 1. The van der Waals surface area contributed by atoms with Crippen molar-refractivity contribution >= 4 is 26.4 Å². The summed E-state index contributed by atoms with van der Waals surface area (Å²) in [7, 11) is -2.91. The Balaban J connectivity index is 1.69. The van der Waals surface area contributed by atoms with Gasteiger partial charge in [-0.1, -0.05) is 18.2 Å². The first-order valence-corrected chi connectivity index (χ1v) is 10.00. The maximum atomic E-state index is 11.7. The minimum absolute atomic E-state index is 0.191. The number of pyridine rings is 1. The van der Waals surface area contributed by atoms with Gasteiger partial charge in [0, 0.05) is 30.4 Å². The third-order valence-electron chi connectivity index (χ3n) is 4.35. The molecule has 0 N–H and O–H groups in total. The molecule has 1 aliphatic rings. The molecule has 5 nitrogen and oxygen atoms in total. The van der Waals surface area contributed by atoms with Gasteiger partial charge in [-0.25, -0.2) is 8.42 Å². The SMILES string of the molecule is O=S1(=O)CCN(c2ccnc3ccc(Oc4ccccc4)cc23)CC1. The Morgan fingerprint density at radius 2 is 1.68 bits per heavy atom. The van der Waals surface area contributed by atoms with Crippen molar-refractivity contribution in [1.82, 2.24) is 4.98 Å². The lowest BCUT2D eigenvalue weighted by Gasteiger charge is -2.29. The standard InChI is InChI=1S/C19H18N2O3S/c22-25(23)12-10-21(11-13-25)19-8-9-20-18-7-6-16(14-17(18)19)24-15-4-2-1-3-5-15/h1-9,14H,10-13H2. The molecule has 0 spiro atoms. The van der Waals surface area contributed by atoms with Gasteiger partial charge in [-0.05, 0) is 36.4 Å². The molecule has 25 heavy (non-hydrogen) atoms. The van der Waals surface area contributed by atoms with Crippen LogP contribution in [-0.2, 0) is 9.84 Å². The Kier molecular flexibility index (Phi) is 4.05. The van der Waals surface area contributed by atoms with Gasteiger partial charge in [0.05, 0.1) is 17.0 Å². The first-order chi connectivity index (χ1) is 12.1. The zero-order valence-electron chi connectivity index (χ0n) is 13.6. The normalized spacial score (nSPS) is 16.7. The van der Waals surface area contributed by atoms with E-state index in [1.54, 1.807) is 6.20 Å². The van der Waals surface area contributed by atoms with E-state index in [0.717, 1.165) is 28.1 Å². The van der Waals surface area contributed by atoms with E-state index in [0.29, 0.717) is 13.1 Å². The van der Waals surface area contributed by atoms with Crippen molar-refractivity contribution in [2.45, 2.75) is 0 Å². The van der Waals surface area contributed by atoms with E-state index in [1.165, 1.54) is 0 Å². The van der Waals surface area contributed by atoms with E-state index in [2.05, 4.69) is 9.88 Å². The summed E-state index contributed by atoms with van der Waals surface area (Å²) in [5, 5.41) is 0.968. The Labute approximate surface area is 146 Å². The van der Waals surface area contributed by atoms with Crippen molar-refractivity contribution in [3.63, 3.8) is 0 Å². The minimum Gasteiger partial charge on any atom is -0.457 e. The zero-order chi connectivity index (χ0) is 17.3. The van der Waals surface area contributed by atoms with Crippen LogP contribution in [0.5, 0.6) is 11.5 Å². The maximum absolute atomic E-state index is 11.7. The molecule has 2 aromatic carbocycles. The second-order valence-corrected chi connectivity index (χ2v) is 8.37. The fraction of sp³-hybridized carbons (Fsp3) is 0.211. The number of aromatic nitrogens is 1. The Hall–Kier alpha value is -2.60. The fourth-order valence-corrected chi connectivity index (χ4v) is 4.23. The maximum Gasteiger partial charge on any atom is 0.153 e. The highest BCUT2D eigenvalue weighted by atomic mass is 32.2. The third-order valence-corrected chi connectivity index (χ3v) is 5.96. The molecule has 3 aromatic rings. The van der Waals surface area contributed by atoms with E-state index < -0.39 is 9.84 Å². The number of fused-ring (bicyclic) bond motifs is 1. The zero-order valence-corrected chi connectivity index (χ0v) is 14.4. The molecule has 0 aliphatic carbocycles. The number of sulfone groups is 1. The van der Waals surface area contributed by atoms with Gasteiger partial charge in [0.25, 0.3) is 0 Å². The Bertz CT molecular complexity index is 990. The van der Waals surface area contributed by atoms with Crippen LogP contribution >= 0.6 is 0 Å². The average Bonchev–Trinajstić information content (AvgIpc) is 2.62. The second-order valence-electron chi connectivity index (χ2n) is 6.06. The molecule has 1 aromatic heterocycles. The topological polar surface area (TPSA) is 59.5 Å². The van der Waals surface area contributed by atoms with Crippen LogP contribution in [0, 0.1) is 0 Å². The van der Waals surface area contributed by atoms with Gasteiger partial charge in [-0.15, -0.1) is 0 Å². The first-order valence-electron chi connectivity index (χ1n) is 8.18. The molecule has 0 unspecified atom stereocenters. The number of benzene rings is 2. The number of rotatable bonds is 3. The van der Waals surface area contributed by atoms with Crippen LogP contribution in [0.4, 0.5) is 5.69 Å². The van der Waals surface area contributed by atoms with Gasteiger partial charge in [-0.3, -0.25) is 4.98 Å². The van der Waals surface area contributed by atoms with Gasteiger partial charge in [0.15, 0.2) is 9.84 Å². The molecule has 128 valence electrons.